The second-order valence-electron chi connectivity index (χ2n) is 8.34. The van der Waals surface area contributed by atoms with E-state index in [1.54, 1.807) is 7.11 Å². The average Bonchev–Trinajstić information content (AvgIpc) is 3.56. The van der Waals surface area contributed by atoms with Gasteiger partial charge in [-0.2, -0.15) is 0 Å². The quantitative estimate of drug-likeness (QED) is 0.797. The Bertz CT molecular complexity index is 621. The van der Waals surface area contributed by atoms with Crippen molar-refractivity contribution in [3.63, 3.8) is 0 Å². The number of carbonyl (C=O) groups excluding carboxylic acids is 1. The Balaban J connectivity index is 1.23. The molecule has 2 heterocycles. The molecule has 5 heteroatoms. The highest BCUT2D eigenvalue weighted by atomic mass is 16.5. The second-order valence-corrected chi connectivity index (χ2v) is 8.34. The summed E-state index contributed by atoms with van der Waals surface area (Å²) >= 11 is 0. The lowest BCUT2D eigenvalue weighted by Gasteiger charge is -2.38. The van der Waals surface area contributed by atoms with Crippen LogP contribution in [0.3, 0.4) is 0 Å². The zero-order valence-corrected chi connectivity index (χ0v) is 16.6. The van der Waals surface area contributed by atoms with Gasteiger partial charge in [-0.25, -0.2) is 0 Å². The summed E-state index contributed by atoms with van der Waals surface area (Å²) in [6, 6.07) is 9.13. The van der Waals surface area contributed by atoms with Crippen molar-refractivity contribution in [1.29, 1.82) is 0 Å². The summed E-state index contributed by atoms with van der Waals surface area (Å²) in [6.07, 6.45) is 5.85. The van der Waals surface area contributed by atoms with Crippen molar-refractivity contribution in [2.24, 2.45) is 5.92 Å². The molecule has 0 spiro atoms. The molecule has 2 saturated heterocycles. The Morgan fingerprint density at radius 3 is 2.37 bits per heavy atom. The maximum Gasteiger partial charge on any atom is 0.225 e. The number of carbonyl (C=O) groups is 1. The SMILES string of the molecule is COc1ccc(CN2CCC(N3CCCN(C(=O)C4CC4)CC3)CC2)cc1. The molecule has 3 aliphatic rings. The van der Waals surface area contributed by atoms with E-state index in [1.165, 1.54) is 18.4 Å². The van der Waals surface area contributed by atoms with Crippen molar-refractivity contribution in [1.82, 2.24) is 14.7 Å². The van der Waals surface area contributed by atoms with Crippen LogP contribution in [0.1, 0.15) is 37.7 Å². The first-order valence-corrected chi connectivity index (χ1v) is 10.6. The highest BCUT2D eigenvalue weighted by Gasteiger charge is 2.34. The van der Waals surface area contributed by atoms with Crippen LogP contribution in [-0.2, 0) is 11.3 Å². The average molecular weight is 372 g/mol. The molecule has 1 aliphatic carbocycles. The molecular weight excluding hydrogens is 338 g/mol. The molecule has 1 aromatic rings. The summed E-state index contributed by atoms with van der Waals surface area (Å²) in [5.74, 6) is 1.71. The molecule has 0 unspecified atom stereocenters. The van der Waals surface area contributed by atoms with Gasteiger partial charge in [0.15, 0.2) is 0 Å². The van der Waals surface area contributed by atoms with Crippen LogP contribution in [0, 0.1) is 5.92 Å². The second kappa shape index (κ2) is 8.61. The van der Waals surface area contributed by atoms with Crippen molar-refractivity contribution in [3.8, 4) is 5.75 Å². The standard InChI is InChI=1S/C22H33N3O2/c1-27-21-7-3-18(4-8-21)17-23-13-9-20(10-14-23)24-11-2-12-25(16-15-24)22(26)19-5-6-19/h3-4,7-8,19-20H,2,5-6,9-17H2,1H3. The van der Waals surface area contributed by atoms with Gasteiger partial charge in [0.05, 0.1) is 7.11 Å². The molecule has 1 aromatic carbocycles. The zero-order chi connectivity index (χ0) is 18.6. The van der Waals surface area contributed by atoms with Crippen LogP contribution in [0.25, 0.3) is 0 Å². The van der Waals surface area contributed by atoms with Crippen LogP contribution in [-0.4, -0.2) is 73.0 Å². The Morgan fingerprint density at radius 2 is 1.70 bits per heavy atom. The molecule has 2 aliphatic heterocycles. The van der Waals surface area contributed by atoms with Crippen LogP contribution < -0.4 is 4.74 Å². The van der Waals surface area contributed by atoms with Gasteiger partial charge in [0, 0.05) is 44.7 Å². The van der Waals surface area contributed by atoms with Gasteiger partial charge in [-0.1, -0.05) is 12.1 Å². The number of ether oxygens (including phenoxy) is 1. The number of benzene rings is 1. The van der Waals surface area contributed by atoms with Crippen molar-refractivity contribution in [2.75, 3.05) is 46.4 Å². The molecule has 5 nitrogen and oxygen atoms in total. The monoisotopic (exact) mass is 371 g/mol. The minimum atomic E-state index is 0.359. The summed E-state index contributed by atoms with van der Waals surface area (Å²) in [5, 5.41) is 0. The Hall–Kier alpha value is -1.59. The van der Waals surface area contributed by atoms with Crippen LogP contribution >= 0.6 is 0 Å². The molecule has 0 atom stereocenters. The molecule has 0 bridgehead atoms. The molecule has 148 valence electrons. The number of amides is 1. The highest BCUT2D eigenvalue weighted by Crippen LogP contribution is 2.31. The van der Waals surface area contributed by atoms with E-state index in [9.17, 15) is 4.79 Å². The Kier molecular flexibility index (Phi) is 5.98. The fraction of sp³-hybridized carbons (Fsp3) is 0.682. The summed E-state index contributed by atoms with van der Waals surface area (Å²) in [7, 11) is 1.71. The predicted molar refractivity (Wildman–Crippen MR) is 107 cm³/mol. The summed E-state index contributed by atoms with van der Waals surface area (Å²) in [4.78, 5) is 19.7. The van der Waals surface area contributed by atoms with E-state index in [0.717, 1.165) is 70.8 Å². The van der Waals surface area contributed by atoms with E-state index < -0.39 is 0 Å². The smallest absolute Gasteiger partial charge is 0.225 e. The molecule has 1 amide bonds. The fourth-order valence-corrected chi connectivity index (χ4v) is 4.54. The van der Waals surface area contributed by atoms with Crippen LogP contribution in [0.4, 0.5) is 0 Å². The maximum atomic E-state index is 12.3. The van der Waals surface area contributed by atoms with Gasteiger partial charge < -0.3 is 9.64 Å². The van der Waals surface area contributed by atoms with Gasteiger partial charge in [0.2, 0.25) is 5.91 Å². The molecule has 0 N–H and O–H groups in total. The predicted octanol–water partition coefficient (Wildman–Crippen LogP) is 2.60. The molecule has 3 fully saturated rings. The first-order valence-electron chi connectivity index (χ1n) is 10.6. The first-order chi connectivity index (χ1) is 13.2. The van der Waals surface area contributed by atoms with Crippen LogP contribution in [0.2, 0.25) is 0 Å². The minimum Gasteiger partial charge on any atom is -0.497 e. The maximum absolute atomic E-state index is 12.3. The van der Waals surface area contributed by atoms with E-state index in [1.807, 2.05) is 12.1 Å². The third kappa shape index (κ3) is 4.82. The van der Waals surface area contributed by atoms with Gasteiger partial charge in [-0.05, 0) is 62.9 Å². The van der Waals surface area contributed by atoms with E-state index in [2.05, 4.69) is 26.8 Å². The third-order valence-corrected chi connectivity index (χ3v) is 6.41. The normalized spacial score (nSPS) is 23.2. The van der Waals surface area contributed by atoms with Crippen LogP contribution in [0.5, 0.6) is 5.75 Å². The Morgan fingerprint density at radius 1 is 0.963 bits per heavy atom. The van der Waals surface area contributed by atoms with Crippen molar-refractivity contribution >= 4 is 5.91 Å². The molecular formula is C22H33N3O2. The van der Waals surface area contributed by atoms with Crippen molar-refractivity contribution in [2.45, 2.75) is 44.7 Å². The van der Waals surface area contributed by atoms with E-state index >= 15 is 0 Å². The zero-order valence-electron chi connectivity index (χ0n) is 16.6. The fourth-order valence-electron chi connectivity index (χ4n) is 4.54. The minimum absolute atomic E-state index is 0.359. The van der Waals surface area contributed by atoms with Gasteiger partial charge >= 0.3 is 0 Å². The van der Waals surface area contributed by atoms with E-state index in [-0.39, 0.29) is 0 Å². The molecule has 1 saturated carbocycles. The van der Waals surface area contributed by atoms with Gasteiger partial charge in [0.25, 0.3) is 0 Å². The van der Waals surface area contributed by atoms with Gasteiger partial charge in [0.1, 0.15) is 5.75 Å². The lowest BCUT2D eigenvalue weighted by molar-refractivity contribution is -0.132. The summed E-state index contributed by atoms with van der Waals surface area (Å²) < 4.78 is 5.25. The van der Waals surface area contributed by atoms with Crippen molar-refractivity contribution < 1.29 is 9.53 Å². The summed E-state index contributed by atoms with van der Waals surface area (Å²) in [5.41, 5.74) is 1.36. The van der Waals surface area contributed by atoms with Crippen LogP contribution in [0.15, 0.2) is 24.3 Å². The lowest BCUT2D eigenvalue weighted by atomic mass is 10.0. The number of likely N-dealkylation sites (tertiary alicyclic amines) is 1. The van der Waals surface area contributed by atoms with E-state index in [4.69, 9.17) is 4.74 Å². The number of hydrogen-bond acceptors (Lipinski definition) is 4. The lowest BCUT2D eigenvalue weighted by Crippen LogP contribution is -2.46. The molecule has 0 aromatic heterocycles. The first kappa shape index (κ1) is 18.8. The number of methoxy groups -OCH3 is 1. The highest BCUT2D eigenvalue weighted by molar-refractivity contribution is 5.81. The number of hydrogen-bond donors (Lipinski definition) is 0. The molecule has 4 rings (SSSR count). The third-order valence-electron chi connectivity index (χ3n) is 6.41. The van der Waals surface area contributed by atoms with Gasteiger partial charge in [-0.15, -0.1) is 0 Å². The molecule has 27 heavy (non-hydrogen) atoms. The number of rotatable bonds is 5. The largest absolute Gasteiger partial charge is 0.497 e. The van der Waals surface area contributed by atoms with Crippen molar-refractivity contribution in [3.05, 3.63) is 29.8 Å². The number of piperidine rings is 1. The Labute approximate surface area is 163 Å². The number of nitrogens with zero attached hydrogens (tertiary/aromatic N) is 3. The summed E-state index contributed by atoms with van der Waals surface area (Å²) in [6.45, 7) is 7.46. The van der Waals surface area contributed by atoms with E-state index in [0.29, 0.717) is 17.9 Å². The molecule has 0 radical (unpaired) electrons. The topological polar surface area (TPSA) is 36.0 Å². The van der Waals surface area contributed by atoms with Gasteiger partial charge in [-0.3, -0.25) is 14.6 Å².